The second-order valence-corrected chi connectivity index (χ2v) is 6.24. The van der Waals surface area contributed by atoms with E-state index in [1.54, 1.807) is 12.1 Å². The number of nitrogens with one attached hydrogen (secondary N) is 2. The molecule has 5 amide bonds. The lowest BCUT2D eigenvalue weighted by molar-refractivity contribution is -0.136. The summed E-state index contributed by atoms with van der Waals surface area (Å²) < 4.78 is 0. The zero-order valence-corrected chi connectivity index (χ0v) is 14.3. The van der Waals surface area contributed by atoms with Gasteiger partial charge in [-0.2, -0.15) is 0 Å². The number of amides is 5. The monoisotopic (exact) mass is 357 g/mol. The van der Waals surface area contributed by atoms with Crippen LogP contribution in [-0.2, 0) is 20.8 Å². The number of aryl methyl sites for hydroxylation is 1. The van der Waals surface area contributed by atoms with E-state index in [-0.39, 0.29) is 36.3 Å². The van der Waals surface area contributed by atoms with Crippen molar-refractivity contribution in [3.8, 4) is 0 Å². The second kappa shape index (κ2) is 7.07. The van der Waals surface area contributed by atoms with Crippen LogP contribution < -0.4 is 10.6 Å². The van der Waals surface area contributed by atoms with Gasteiger partial charge in [0.1, 0.15) is 6.04 Å². The van der Waals surface area contributed by atoms with Gasteiger partial charge in [-0.25, -0.2) is 0 Å². The summed E-state index contributed by atoms with van der Waals surface area (Å²) in [6, 6.07) is 3.91. The highest BCUT2D eigenvalue weighted by Crippen LogP contribution is 2.30. The van der Waals surface area contributed by atoms with Crippen LogP contribution >= 0.6 is 0 Å². The third kappa shape index (κ3) is 3.10. The predicted molar refractivity (Wildman–Crippen MR) is 90.1 cm³/mol. The van der Waals surface area contributed by atoms with E-state index in [1.807, 2.05) is 6.92 Å². The van der Waals surface area contributed by atoms with Gasteiger partial charge in [-0.15, -0.1) is 0 Å². The van der Waals surface area contributed by atoms with Gasteiger partial charge in [-0.05, 0) is 31.4 Å². The molecule has 1 aromatic rings. The van der Waals surface area contributed by atoms with Gasteiger partial charge in [0, 0.05) is 19.4 Å². The lowest BCUT2D eigenvalue weighted by Gasteiger charge is -2.27. The lowest BCUT2D eigenvalue weighted by atomic mass is 9.99. The summed E-state index contributed by atoms with van der Waals surface area (Å²) in [5, 5.41) is 4.85. The van der Waals surface area contributed by atoms with Gasteiger partial charge in [0.05, 0.1) is 11.1 Å². The van der Waals surface area contributed by atoms with Gasteiger partial charge < -0.3 is 5.32 Å². The van der Waals surface area contributed by atoms with Crippen LogP contribution in [0.15, 0.2) is 18.2 Å². The van der Waals surface area contributed by atoms with E-state index in [4.69, 9.17) is 0 Å². The molecule has 2 heterocycles. The first-order chi connectivity index (χ1) is 12.4. The molecule has 1 atom stereocenters. The number of rotatable bonds is 5. The molecule has 26 heavy (non-hydrogen) atoms. The van der Waals surface area contributed by atoms with Gasteiger partial charge >= 0.3 is 0 Å². The Hall–Kier alpha value is -3.03. The van der Waals surface area contributed by atoms with Crippen LogP contribution in [0.1, 0.15) is 52.5 Å². The molecule has 136 valence electrons. The number of imide groups is 2. The first-order valence-corrected chi connectivity index (χ1v) is 8.54. The van der Waals surface area contributed by atoms with E-state index < -0.39 is 29.7 Å². The summed E-state index contributed by atoms with van der Waals surface area (Å²) in [5.41, 5.74) is 1.07. The fraction of sp³-hybridized carbons (Fsp3) is 0.389. The van der Waals surface area contributed by atoms with E-state index in [2.05, 4.69) is 10.6 Å². The standard InChI is InChI=1S/C18H19N3O5/c1-2-19-13(22)8-6-10-4-3-5-11-15(10)18(26)21(17(11)25)12-7-9-14(23)20-16(12)24/h3-5,12H,2,6-9H2,1H3,(H,19,22)(H,20,23,24). The molecule has 8 heteroatoms. The maximum atomic E-state index is 12.9. The first kappa shape index (κ1) is 17.8. The second-order valence-electron chi connectivity index (χ2n) is 6.24. The Bertz CT molecular complexity index is 817. The van der Waals surface area contributed by atoms with Gasteiger partial charge in [-0.1, -0.05) is 12.1 Å². The van der Waals surface area contributed by atoms with Crippen LogP contribution in [-0.4, -0.2) is 47.0 Å². The van der Waals surface area contributed by atoms with Crippen LogP contribution in [0.3, 0.4) is 0 Å². The average Bonchev–Trinajstić information content (AvgIpc) is 2.85. The Labute approximate surface area is 149 Å². The predicted octanol–water partition coefficient (Wildman–Crippen LogP) is 0.156. The van der Waals surface area contributed by atoms with Crippen LogP contribution in [0.25, 0.3) is 0 Å². The van der Waals surface area contributed by atoms with Crippen molar-refractivity contribution in [2.45, 2.75) is 38.6 Å². The zero-order chi connectivity index (χ0) is 18.8. The molecule has 2 aliphatic rings. The van der Waals surface area contributed by atoms with Crippen LogP contribution in [0.2, 0.25) is 0 Å². The smallest absolute Gasteiger partial charge is 0.262 e. The number of carbonyl (C=O) groups excluding carboxylic acids is 5. The van der Waals surface area contributed by atoms with E-state index in [0.717, 1.165) is 4.90 Å². The third-order valence-corrected chi connectivity index (χ3v) is 4.55. The summed E-state index contributed by atoms with van der Waals surface area (Å²) in [7, 11) is 0. The van der Waals surface area contributed by atoms with E-state index >= 15 is 0 Å². The quantitative estimate of drug-likeness (QED) is 0.729. The molecule has 0 spiro atoms. The summed E-state index contributed by atoms with van der Waals surface area (Å²) in [5.74, 6) is -2.28. The van der Waals surface area contributed by atoms with Gasteiger partial charge in [0.25, 0.3) is 11.8 Å². The summed E-state index contributed by atoms with van der Waals surface area (Å²) in [6.07, 6.45) is 0.708. The van der Waals surface area contributed by atoms with E-state index in [0.29, 0.717) is 18.5 Å². The van der Waals surface area contributed by atoms with E-state index in [1.165, 1.54) is 6.07 Å². The molecule has 0 aliphatic carbocycles. The van der Waals surface area contributed by atoms with Crippen molar-refractivity contribution >= 4 is 29.5 Å². The average molecular weight is 357 g/mol. The van der Waals surface area contributed by atoms with Crippen LogP contribution in [0, 0.1) is 0 Å². The first-order valence-electron chi connectivity index (χ1n) is 8.54. The van der Waals surface area contributed by atoms with Gasteiger partial charge in [0.15, 0.2) is 0 Å². The Morgan fingerprint density at radius 1 is 1.23 bits per heavy atom. The molecule has 0 bridgehead atoms. The Morgan fingerprint density at radius 2 is 2.00 bits per heavy atom. The molecule has 2 N–H and O–H groups in total. The van der Waals surface area contributed by atoms with Crippen LogP contribution in [0.5, 0.6) is 0 Å². The molecule has 8 nitrogen and oxygen atoms in total. The third-order valence-electron chi connectivity index (χ3n) is 4.55. The minimum absolute atomic E-state index is 0.0772. The molecule has 0 aromatic heterocycles. The fourth-order valence-corrected chi connectivity index (χ4v) is 3.33. The van der Waals surface area contributed by atoms with Crippen molar-refractivity contribution in [3.63, 3.8) is 0 Å². The summed E-state index contributed by atoms with van der Waals surface area (Å²) in [4.78, 5) is 61.6. The van der Waals surface area contributed by atoms with Crippen molar-refractivity contribution in [1.82, 2.24) is 15.5 Å². The molecular formula is C18H19N3O5. The van der Waals surface area contributed by atoms with Crippen molar-refractivity contribution in [2.75, 3.05) is 6.54 Å². The number of hydrogen-bond acceptors (Lipinski definition) is 5. The van der Waals surface area contributed by atoms with Crippen molar-refractivity contribution < 1.29 is 24.0 Å². The number of fused-ring (bicyclic) bond motifs is 1. The van der Waals surface area contributed by atoms with Gasteiger partial charge in [0.2, 0.25) is 17.7 Å². The maximum absolute atomic E-state index is 12.9. The number of nitrogens with zero attached hydrogens (tertiary/aromatic N) is 1. The van der Waals surface area contributed by atoms with Gasteiger partial charge in [-0.3, -0.25) is 34.2 Å². The summed E-state index contributed by atoms with van der Waals surface area (Å²) >= 11 is 0. The van der Waals surface area contributed by atoms with Crippen molar-refractivity contribution in [3.05, 3.63) is 34.9 Å². The topological polar surface area (TPSA) is 113 Å². The molecule has 1 saturated heterocycles. The van der Waals surface area contributed by atoms with Crippen molar-refractivity contribution in [2.24, 2.45) is 0 Å². The number of benzene rings is 1. The lowest BCUT2D eigenvalue weighted by Crippen LogP contribution is -2.54. The Morgan fingerprint density at radius 3 is 2.69 bits per heavy atom. The number of hydrogen-bond donors (Lipinski definition) is 2. The molecule has 3 rings (SSSR count). The highest BCUT2D eigenvalue weighted by molar-refractivity contribution is 6.24. The molecule has 2 aliphatic heterocycles. The molecule has 1 unspecified atom stereocenters. The zero-order valence-electron chi connectivity index (χ0n) is 14.3. The maximum Gasteiger partial charge on any atom is 0.262 e. The minimum atomic E-state index is -0.989. The minimum Gasteiger partial charge on any atom is -0.356 e. The summed E-state index contributed by atoms with van der Waals surface area (Å²) in [6.45, 7) is 2.34. The SMILES string of the molecule is CCNC(=O)CCc1cccc2c1C(=O)N(C1CCC(=O)NC1=O)C2=O. The van der Waals surface area contributed by atoms with Crippen molar-refractivity contribution in [1.29, 1.82) is 0 Å². The highest BCUT2D eigenvalue weighted by atomic mass is 16.2. The normalized spacial score (nSPS) is 19.4. The largest absolute Gasteiger partial charge is 0.356 e. The van der Waals surface area contributed by atoms with E-state index in [9.17, 15) is 24.0 Å². The molecule has 0 saturated carbocycles. The Balaban J connectivity index is 1.86. The number of piperidine rings is 1. The highest BCUT2D eigenvalue weighted by Gasteiger charge is 2.45. The number of carbonyl (C=O) groups is 5. The molecular weight excluding hydrogens is 338 g/mol. The molecule has 1 aromatic carbocycles. The Kier molecular flexibility index (Phi) is 4.83. The molecule has 0 radical (unpaired) electrons. The fourth-order valence-electron chi connectivity index (χ4n) is 3.33. The van der Waals surface area contributed by atoms with Crippen LogP contribution in [0.4, 0.5) is 0 Å². The molecule has 1 fully saturated rings.